The summed E-state index contributed by atoms with van der Waals surface area (Å²) in [5, 5.41) is 6.20. The molecule has 0 aliphatic carbocycles. The molecule has 1 aromatic rings. The summed E-state index contributed by atoms with van der Waals surface area (Å²) in [6, 6.07) is 0. The minimum atomic E-state index is -0.0734. The summed E-state index contributed by atoms with van der Waals surface area (Å²) in [6.07, 6.45) is 6.57. The highest BCUT2D eigenvalue weighted by Gasteiger charge is 2.10. The maximum absolute atomic E-state index is 12.0. The van der Waals surface area contributed by atoms with Crippen molar-refractivity contribution in [3.8, 4) is 0 Å². The van der Waals surface area contributed by atoms with Crippen LogP contribution in [0.1, 0.15) is 48.0 Å². The number of aromatic nitrogens is 1. The number of thiazole rings is 1. The van der Waals surface area contributed by atoms with Crippen LogP contribution in [0.25, 0.3) is 0 Å². The van der Waals surface area contributed by atoms with Gasteiger partial charge in [0.2, 0.25) is 0 Å². The Kier molecular flexibility index (Phi) is 10.6. The van der Waals surface area contributed by atoms with E-state index in [1.54, 1.807) is 5.51 Å². The lowest BCUT2D eigenvalue weighted by Gasteiger charge is -2.22. The second-order valence-electron chi connectivity index (χ2n) is 5.82. The van der Waals surface area contributed by atoms with Crippen LogP contribution in [0.2, 0.25) is 0 Å². The van der Waals surface area contributed by atoms with Gasteiger partial charge in [-0.2, -0.15) is 0 Å². The van der Waals surface area contributed by atoms with E-state index < -0.39 is 0 Å². The molecule has 1 aromatic heterocycles. The van der Waals surface area contributed by atoms with Crippen molar-refractivity contribution in [3.05, 3.63) is 28.7 Å². The molecule has 0 aromatic carbocycles. The van der Waals surface area contributed by atoms with Crippen LogP contribution < -0.4 is 10.6 Å². The highest BCUT2D eigenvalue weighted by molar-refractivity contribution is 7.11. The van der Waals surface area contributed by atoms with Gasteiger partial charge in [-0.1, -0.05) is 12.5 Å². The summed E-state index contributed by atoms with van der Waals surface area (Å²) in [5.41, 5.74) is 2.46. The highest BCUT2D eigenvalue weighted by atomic mass is 32.1. The van der Waals surface area contributed by atoms with Crippen molar-refractivity contribution in [3.63, 3.8) is 0 Å². The number of rotatable bonds is 11. The van der Waals surface area contributed by atoms with E-state index in [0.717, 1.165) is 37.6 Å². The van der Waals surface area contributed by atoms with Crippen LogP contribution in [-0.4, -0.2) is 55.0 Å². The topological polar surface area (TPSA) is 69.6 Å². The number of unbranched alkanes of at least 4 members (excludes halogenated alkanes) is 3. The third kappa shape index (κ3) is 8.16. The lowest BCUT2D eigenvalue weighted by molar-refractivity contribution is 0.0958. The van der Waals surface area contributed by atoms with Crippen molar-refractivity contribution in [1.29, 1.82) is 0 Å². The van der Waals surface area contributed by atoms with Gasteiger partial charge >= 0.3 is 0 Å². The number of guanidine groups is 1. The van der Waals surface area contributed by atoms with Gasteiger partial charge in [0.15, 0.2) is 5.96 Å². The molecule has 0 atom stereocenters. The number of hydrogen-bond acceptors (Lipinski definition) is 4. The summed E-state index contributed by atoms with van der Waals surface area (Å²) < 4.78 is 0. The van der Waals surface area contributed by atoms with Gasteiger partial charge in [0.05, 0.1) is 17.7 Å². The average molecular weight is 366 g/mol. The quantitative estimate of drug-likeness (QED) is 0.274. The zero-order valence-electron chi connectivity index (χ0n) is 15.7. The molecule has 1 heterocycles. The second kappa shape index (κ2) is 12.5. The second-order valence-corrected chi connectivity index (χ2v) is 6.67. The minimum Gasteiger partial charge on any atom is -0.357 e. The first-order valence-corrected chi connectivity index (χ1v) is 9.76. The fourth-order valence-electron chi connectivity index (χ4n) is 2.32. The maximum atomic E-state index is 12.0. The third-order valence-electron chi connectivity index (χ3n) is 3.71. The molecule has 0 aliphatic rings. The Balaban J connectivity index is 2.37. The number of hydrogen-bond donors (Lipinski definition) is 2. The van der Waals surface area contributed by atoms with Gasteiger partial charge in [0.1, 0.15) is 4.88 Å². The SMILES string of the molecule is C=CCCCCCN(C)C(=NCCNC(=O)c1scnc1C)NCC. The van der Waals surface area contributed by atoms with Crippen molar-refractivity contribution in [2.45, 2.75) is 39.5 Å². The standard InChI is InChI=1S/C18H31N5OS/c1-5-7-8-9-10-13-23(4)18(19-6-2)21-12-11-20-17(24)16-15(3)22-14-25-16/h5,14H,1,6-13H2,2-4H3,(H,19,21)(H,20,24). The molecule has 0 fully saturated rings. The Morgan fingerprint density at radius 1 is 1.40 bits per heavy atom. The van der Waals surface area contributed by atoms with E-state index in [0.29, 0.717) is 18.0 Å². The zero-order valence-corrected chi connectivity index (χ0v) is 16.5. The fourth-order valence-corrected chi connectivity index (χ4v) is 3.04. The van der Waals surface area contributed by atoms with Crippen molar-refractivity contribution < 1.29 is 4.79 Å². The highest BCUT2D eigenvalue weighted by Crippen LogP contribution is 2.11. The molecule has 1 amide bonds. The Labute approximate surface area is 155 Å². The van der Waals surface area contributed by atoms with Gasteiger partial charge in [-0.05, 0) is 33.1 Å². The van der Waals surface area contributed by atoms with Crippen LogP contribution in [0.15, 0.2) is 23.2 Å². The predicted octanol–water partition coefficient (Wildman–Crippen LogP) is 2.83. The van der Waals surface area contributed by atoms with Crippen molar-refractivity contribution >= 4 is 23.2 Å². The van der Waals surface area contributed by atoms with Crippen molar-refractivity contribution in [2.24, 2.45) is 4.99 Å². The first-order valence-electron chi connectivity index (χ1n) is 8.88. The molecule has 0 radical (unpaired) electrons. The molecule has 0 saturated carbocycles. The van der Waals surface area contributed by atoms with E-state index in [4.69, 9.17) is 0 Å². The van der Waals surface area contributed by atoms with Gasteiger partial charge in [-0.15, -0.1) is 17.9 Å². The van der Waals surface area contributed by atoms with Crippen LogP contribution in [-0.2, 0) is 0 Å². The smallest absolute Gasteiger partial charge is 0.263 e. The largest absolute Gasteiger partial charge is 0.357 e. The minimum absolute atomic E-state index is 0.0734. The van der Waals surface area contributed by atoms with Gasteiger partial charge in [-0.3, -0.25) is 9.79 Å². The zero-order chi connectivity index (χ0) is 18.5. The molecular weight excluding hydrogens is 334 g/mol. The lowest BCUT2D eigenvalue weighted by Crippen LogP contribution is -2.40. The van der Waals surface area contributed by atoms with Crippen LogP contribution in [0.3, 0.4) is 0 Å². The summed E-state index contributed by atoms with van der Waals surface area (Å²) in [5.74, 6) is 0.810. The molecule has 0 bridgehead atoms. The first kappa shape index (κ1) is 21.2. The van der Waals surface area contributed by atoms with Gasteiger partial charge in [-0.25, -0.2) is 4.98 Å². The Morgan fingerprint density at radius 3 is 2.84 bits per heavy atom. The van der Waals surface area contributed by atoms with Crippen LogP contribution in [0.5, 0.6) is 0 Å². The lowest BCUT2D eigenvalue weighted by atomic mass is 10.2. The van der Waals surface area contributed by atoms with Crippen LogP contribution >= 0.6 is 11.3 Å². The summed E-state index contributed by atoms with van der Waals surface area (Å²) in [4.78, 5) is 23.5. The number of nitrogens with one attached hydrogen (secondary N) is 2. The van der Waals surface area contributed by atoms with E-state index in [1.165, 1.54) is 24.2 Å². The van der Waals surface area contributed by atoms with E-state index >= 15 is 0 Å². The number of nitrogens with zero attached hydrogens (tertiary/aromatic N) is 3. The molecule has 25 heavy (non-hydrogen) atoms. The fraction of sp³-hybridized carbons (Fsp3) is 0.611. The Bertz CT molecular complexity index is 555. The van der Waals surface area contributed by atoms with E-state index in [-0.39, 0.29) is 5.91 Å². The maximum Gasteiger partial charge on any atom is 0.263 e. The van der Waals surface area contributed by atoms with Crippen LogP contribution in [0.4, 0.5) is 0 Å². The molecule has 0 saturated heterocycles. The third-order valence-corrected chi connectivity index (χ3v) is 4.64. The molecule has 0 unspecified atom stereocenters. The van der Waals surface area contributed by atoms with Crippen molar-refractivity contribution in [2.75, 3.05) is 33.2 Å². The molecule has 140 valence electrons. The first-order chi connectivity index (χ1) is 12.1. The van der Waals surface area contributed by atoms with Gasteiger partial charge < -0.3 is 15.5 Å². The number of amides is 1. The van der Waals surface area contributed by atoms with E-state index in [1.807, 2.05) is 20.0 Å². The van der Waals surface area contributed by atoms with Gasteiger partial charge in [0.25, 0.3) is 5.91 Å². The van der Waals surface area contributed by atoms with E-state index in [2.05, 4.69) is 39.0 Å². The Hall–Kier alpha value is -1.89. The van der Waals surface area contributed by atoms with Gasteiger partial charge in [0, 0.05) is 26.7 Å². The number of aliphatic imine (C=N–C) groups is 1. The predicted molar refractivity (Wildman–Crippen MR) is 106 cm³/mol. The number of carbonyl (C=O) groups is 1. The summed E-state index contributed by atoms with van der Waals surface area (Å²) in [7, 11) is 2.05. The van der Waals surface area contributed by atoms with Crippen LogP contribution in [0, 0.1) is 6.92 Å². The molecule has 6 nitrogen and oxygen atoms in total. The number of carbonyl (C=O) groups excluding carboxylic acids is 1. The molecular formula is C18H31N5OS. The molecule has 1 rings (SSSR count). The average Bonchev–Trinajstić information content (AvgIpc) is 3.03. The molecule has 7 heteroatoms. The van der Waals surface area contributed by atoms with Crippen molar-refractivity contribution in [1.82, 2.24) is 20.5 Å². The summed E-state index contributed by atoms with van der Waals surface area (Å²) in [6.45, 7) is 10.5. The normalized spacial score (nSPS) is 11.2. The van der Waals surface area contributed by atoms with E-state index in [9.17, 15) is 4.79 Å². The molecule has 0 spiro atoms. The number of aryl methyl sites for hydroxylation is 1. The summed E-state index contributed by atoms with van der Waals surface area (Å²) >= 11 is 1.36. The molecule has 0 aliphatic heterocycles. The number of allylic oxidation sites excluding steroid dienone is 1. The monoisotopic (exact) mass is 365 g/mol. The Morgan fingerprint density at radius 2 is 2.20 bits per heavy atom. The molecule has 2 N–H and O–H groups in total.